The third-order valence-corrected chi connectivity index (χ3v) is 4.86. The Morgan fingerprint density at radius 3 is 2.25 bits per heavy atom. The SMILES string of the molecule is Cc1ccc(N=Nc2c(S(=O)(=O)O)cc3cc(C)cc(N)c3c2O)c(O)c1.[Cu]. The van der Waals surface area contributed by atoms with E-state index in [0.29, 0.717) is 5.39 Å². The first-order valence-corrected chi connectivity index (χ1v) is 9.26. The number of aromatic hydroxyl groups is 2. The van der Waals surface area contributed by atoms with Crippen LogP contribution in [0.2, 0.25) is 0 Å². The third kappa shape index (κ3) is 4.10. The molecule has 10 heteroatoms. The Hall–Kier alpha value is -2.65. The van der Waals surface area contributed by atoms with Crippen LogP contribution in [0.4, 0.5) is 17.1 Å². The number of hydrogen-bond acceptors (Lipinski definition) is 7. The molecule has 3 aromatic rings. The van der Waals surface area contributed by atoms with Gasteiger partial charge in [0.2, 0.25) is 0 Å². The van der Waals surface area contributed by atoms with Gasteiger partial charge in [0.25, 0.3) is 10.1 Å². The van der Waals surface area contributed by atoms with Crippen molar-refractivity contribution < 1.29 is 40.3 Å². The van der Waals surface area contributed by atoms with Crippen LogP contribution < -0.4 is 5.73 Å². The van der Waals surface area contributed by atoms with Crippen molar-refractivity contribution in [3.8, 4) is 11.5 Å². The van der Waals surface area contributed by atoms with Crippen molar-refractivity contribution in [2.24, 2.45) is 10.2 Å². The van der Waals surface area contributed by atoms with Crippen molar-refractivity contribution in [3.05, 3.63) is 47.5 Å². The minimum absolute atomic E-state index is 0. The molecule has 0 fully saturated rings. The number of phenols is 2. The molecule has 0 unspecified atom stereocenters. The average molecular weight is 451 g/mol. The molecule has 8 nitrogen and oxygen atoms in total. The fourth-order valence-electron chi connectivity index (χ4n) is 2.79. The summed E-state index contributed by atoms with van der Waals surface area (Å²) in [6.07, 6.45) is 0. The van der Waals surface area contributed by atoms with Gasteiger partial charge in [0.1, 0.15) is 22.0 Å². The van der Waals surface area contributed by atoms with Gasteiger partial charge in [-0.3, -0.25) is 4.55 Å². The summed E-state index contributed by atoms with van der Waals surface area (Å²) in [6, 6.07) is 9.01. The first kappa shape index (κ1) is 21.6. The Morgan fingerprint density at radius 1 is 0.964 bits per heavy atom. The molecule has 1 radical (unpaired) electrons. The Kier molecular flexibility index (Phi) is 6.00. The number of hydrogen-bond donors (Lipinski definition) is 4. The van der Waals surface area contributed by atoms with Crippen molar-refractivity contribution in [2.75, 3.05) is 5.73 Å². The second-order valence-corrected chi connectivity index (χ2v) is 7.58. The van der Waals surface area contributed by atoms with Crippen molar-refractivity contribution in [3.63, 3.8) is 0 Å². The maximum atomic E-state index is 11.8. The molecule has 151 valence electrons. The van der Waals surface area contributed by atoms with E-state index >= 15 is 0 Å². The second-order valence-electron chi connectivity index (χ2n) is 6.19. The van der Waals surface area contributed by atoms with Gasteiger partial charge >= 0.3 is 0 Å². The molecule has 5 N–H and O–H groups in total. The fourth-order valence-corrected chi connectivity index (χ4v) is 3.45. The molecule has 3 rings (SSSR count). The average Bonchev–Trinajstić information content (AvgIpc) is 2.53. The molecule has 0 atom stereocenters. The Morgan fingerprint density at radius 2 is 1.64 bits per heavy atom. The molecule has 0 aliphatic carbocycles. The zero-order chi connectivity index (χ0) is 19.9. The Labute approximate surface area is 171 Å². The van der Waals surface area contributed by atoms with E-state index in [-0.39, 0.29) is 39.6 Å². The summed E-state index contributed by atoms with van der Waals surface area (Å²) >= 11 is 0. The molecular weight excluding hydrogens is 434 g/mol. The summed E-state index contributed by atoms with van der Waals surface area (Å²) in [5.74, 6) is -0.699. The zero-order valence-corrected chi connectivity index (χ0v) is 16.6. The van der Waals surface area contributed by atoms with Crippen molar-refractivity contribution in [1.29, 1.82) is 0 Å². The van der Waals surface area contributed by atoms with Gasteiger partial charge in [-0.1, -0.05) is 12.1 Å². The van der Waals surface area contributed by atoms with E-state index in [2.05, 4.69) is 10.2 Å². The van der Waals surface area contributed by atoms with E-state index < -0.39 is 26.5 Å². The quantitative estimate of drug-likeness (QED) is 0.204. The van der Waals surface area contributed by atoms with Crippen LogP contribution in [-0.2, 0) is 27.2 Å². The minimum Gasteiger partial charge on any atom is -0.506 e. The first-order valence-electron chi connectivity index (χ1n) is 7.82. The van der Waals surface area contributed by atoms with Gasteiger partial charge in [0.05, 0.1) is 0 Å². The molecule has 0 heterocycles. The van der Waals surface area contributed by atoms with Gasteiger partial charge in [-0.25, -0.2) is 0 Å². The number of nitrogens with zero attached hydrogens (tertiary/aromatic N) is 2. The van der Waals surface area contributed by atoms with Gasteiger partial charge in [-0.2, -0.15) is 8.42 Å². The normalized spacial score (nSPS) is 11.7. The van der Waals surface area contributed by atoms with E-state index in [1.54, 1.807) is 32.0 Å². The number of fused-ring (bicyclic) bond motifs is 1. The first-order chi connectivity index (χ1) is 12.6. The molecule has 0 spiro atoms. The van der Waals surface area contributed by atoms with E-state index in [9.17, 15) is 23.2 Å². The van der Waals surface area contributed by atoms with Crippen molar-refractivity contribution in [2.45, 2.75) is 18.7 Å². The van der Waals surface area contributed by atoms with Gasteiger partial charge in [-0.15, -0.1) is 10.2 Å². The largest absolute Gasteiger partial charge is 0.506 e. The predicted octanol–water partition coefficient (Wildman–Crippen LogP) is 4.11. The molecular formula is C18H17CuN3O5S. The molecule has 0 bridgehead atoms. The summed E-state index contributed by atoms with van der Waals surface area (Å²) in [7, 11) is -4.71. The summed E-state index contributed by atoms with van der Waals surface area (Å²) in [5.41, 5.74) is 7.31. The van der Waals surface area contributed by atoms with E-state index in [1.807, 2.05) is 0 Å². The second kappa shape index (κ2) is 7.76. The molecule has 0 saturated carbocycles. The maximum Gasteiger partial charge on any atom is 0.296 e. The van der Waals surface area contributed by atoms with Crippen molar-refractivity contribution >= 4 is 38.0 Å². The van der Waals surface area contributed by atoms with E-state index in [1.165, 1.54) is 12.1 Å². The van der Waals surface area contributed by atoms with Gasteiger partial charge in [0.15, 0.2) is 5.75 Å². The number of aryl methyl sites for hydroxylation is 2. The fraction of sp³-hybridized carbons (Fsp3) is 0.111. The number of rotatable bonds is 3. The molecule has 3 aromatic carbocycles. The molecule has 0 aliphatic heterocycles. The number of phenolic OH excluding ortho intramolecular Hbond substituents is 2. The molecule has 0 saturated heterocycles. The van der Waals surface area contributed by atoms with Crippen LogP contribution in [-0.4, -0.2) is 23.2 Å². The van der Waals surface area contributed by atoms with Gasteiger partial charge in [0, 0.05) is 28.1 Å². The molecule has 0 amide bonds. The van der Waals surface area contributed by atoms with Gasteiger partial charge in [-0.05, 0) is 54.6 Å². The maximum absolute atomic E-state index is 11.8. The van der Waals surface area contributed by atoms with Crippen LogP contribution in [0.25, 0.3) is 10.8 Å². The predicted molar refractivity (Wildman–Crippen MR) is 102 cm³/mol. The summed E-state index contributed by atoms with van der Waals surface area (Å²) in [4.78, 5) is -0.618. The number of anilines is 1. The Balaban J connectivity index is 0.00000280. The smallest absolute Gasteiger partial charge is 0.296 e. The molecule has 28 heavy (non-hydrogen) atoms. The number of nitrogens with two attached hydrogens (primary N) is 1. The monoisotopic (exact) mass is 450 g/mol. The van der Waals surface area contributed by atoms with Crippen LogP contribution in [0.5, 0.6) is 11.5 Å². The van der Waals surface area contributed by atoms with Gasteiger partial charge < -0.3 is 15.9 Å². The van der Waals surface area contributed by atoms with Crippen LogP contribution in [0.1, 0.15) is 11.1 Å². The Bertz CT molecular complexity index is 1210. The molecule has 0 aromatic heterocycles. The summed E-state index contributed by atoms with van der Waals surface area (Å²) in [5, 5.41) is 28.6. The van der Waals surface area contributed by atoms with E-state index in [4.69, 9.17) is 5.73 Å². The zero-order valence-electron chi connectivity index (χ0n) is 14.8. The third-order valence-electron chi connectivity index (χ3n) is 3.99. The number of nitrogen functional groups attached to an aromatic ring is 1. The topological polar surface area (TPSA) is 146 Å². The van der Waals surface area contributed by atoms with Crippen molar-refractivity contribution in [1.82, 2.24) is 0 Å². The summed E-state index contributed by atoms with van der Waals surface area (Å²) < 4.78 is 33.2. The number of azo groups is 1. The minimum atomic E-state index is -4.71. The van der Waals surface area contributed by atoms with Crippen LogP contribution in [0.15, 0.2) is 51.5 Å². The van der Waals surface area contributed by atoms with E-state index in [0.717, 1.165) is 17.2 Å². The van der Waals surface area contributed by atoms with Crippen LogP contribution in [0, 0.1) is 13.8 Å². The number of benzene rings is 3. The standard InChI is InChI=1S/C18H17N3O5S.Cu/c1-9-3-4-13(14(22)7-9)20-21-17-15(27(24,25)26)8-11-5-10(2)6-12(19)16(11)18(17)23;/h3-8,22-23H,19H2,1-2H3,(H,24,25,26);. The van der Waals surface area contributed by atoms with Crippen LogP contribution in [0.3, 0.4) is 0 Å². The summed E-state index contributed by atoms with van der Waals surface area (Å²) in [6.45, 7) is 3.53. The molecule has 0 aliphatic rings. The van der Waals surface area contributed by atoms with Crippen LogP contribution >= 0.6 is 0 Å².